The van der Waals surface area contributed by atoms with Crippen molar-refractivity contribution in [3.05, 3.63) is 60.2 Å². The molecule has 0 aromatic heterocycles. The van der Waals surface area contributed by atoms with Crippen LogP contribution in [0.1, 0.15) is 24.5 Å². The van der Waals surface area contributed by atoms with Crippen LogP contribution in [-0.4, -0.2) is 42.7 Å². The van der Waals surface area contributed by atoms with E-state index in [-0.39, 0.29) is 11.8 Å². The number of hydrogen-bond acceptors (Lipinski definition) is 4. The Morgan fingerprint density at radius 1 is 1.19 bits per heavy atom. The summed E-state index contributed by atoms with van der Waals surface area (Å²) in [4.78, 5) is 14.4. The van der Waals surface area contributed by atoms with E-state index < -0.39 is 6.10 Å². The van der Waals surface area contributed by atoms with Crippen LogP contribution in [0.25, 0.3) is 0 Å². The lowest BCUT2D eigenvalue weighted by atomic mass is 9.87. The van der Waals surface area contributed by atoms with Crippen molar-refractivity contribution in [2.75, 3.05) is 32.1 Å². The molecule has 1 amide bonds. The number of ether oxygens (including phenoxy) is 1. The lowest BCUT2D eigenvalue weighted by Gasteiger charge is -2.34. The highest BCUT2D eigenvalue weighted by molar-refractivity contribution is 5.92. The number of carbonyl (C=O) groups excluding carboxylic acids is 1. The maximum atomic E-state index is 12.3. The average molecular weight is 354 g/mol. The van der Waals surface area contributed by atoms with Crippen LogP contribution < -0.4 is 10.1 Å². The molecule has 0 radical (unpaired) electrons. The molecular weight excluding hydrogens is 328 g/mol. The Morgan fingerprint density at radius 2 is 1.92 bits per heavy atom. The first-order valence-electron chi connectivity index (χ1n) is 9.05. The molecule has 1 fully saturated rings. The van der Waals surface area contributed by atoms with Crippen LogP contribution in [-0.2, 0) is 4.79 Å². The van der Waals surface area contributed by atoms with Crippen molar-refractivity contribution in [3.63, 3.8) is 0 Å². The smallest absolute Gasteiger partial charge is 0.238 e. The SMILES string of the molecule is COc1cccc(NC(=O)CN2CCC([C@@H](O)c3ccccc3)CC2)c1. The molecule has 0 aliphatic carbocycles. The number of methoxy groups -OCH3 is 1. The van der Waals surface area contributed by atoms with Crippen LogP contribution in [0, 0.1) is 5.92 Å². The molecule has 1 aliphatic rings. The highest BCUT2D eigenvalue weighted by Gasteiger charge is 2.26. The zero-order valence-corrected chi connectivity index (χ0v) is 15.1. The molecule has 2 N–H and O–H groups in total. The summed E-state index contributed by atoms with van der Waals surface area (Å²) >= 11 is 0. The Balaban J connectivity index is 1.47. The second-order valence-corrected chi connectivity index (χ2v) is 6.75. The molecule has 5 nitrogen and oxygen atoms in total. The van der Waals surface area contributed by atoms with Crippen molar-refractivity contribution in [2.45, 2.75) is 18.9 Å². The third-order valence-electron chi connectivity index (χ3n) is 4.94. The second-order valence-electron chi connectivity index (χ2n) is 6.75. The normalized spacial score (nSPS) is 16.8. The Hall–Kier alpha value is -2.37. The van der Waals surface area contributed by atoms with Crippen LogP contribution in [0.2, 0.25) is 0 Å². The minimum Gasteiger partial charge on any atom is -0.497 e. The van der Waals surface area contributed by atoms with Crippen molar-refractivity contribution >= 4 is 11.6 Å². The maximum absolute atomic E-state index is 12.3. The minimum atomic E-state index is -0.427. The van der Waals surface area contributed by atoms with E-state index >= 15 is 0 Å². The van der Waals surface area contributed by atoms with Gasteiger partial charge in [0.1, 0.15) is 5.75 Å². The number of carbonyl (C=O) groups is 1. The average Bonchev–Trinajstić information content (AvgIpc) is 2.69. The molecule has 0 saturated carbocycles. The first kappa shape index (κ1) is 18.4. The van der Waals surface area contributed by atoms with Gasteiger partial charge >= 0.3 is 0 Å². The van der Waals surface area contributed by atoms with E-state index in [0.717, 1.165) is 42.9 Å². The van der Waals surface area contributed by atoms with Gasteiger partial charge in [-0.3, -0.25) is 9.69 Å². The highest BCUT2D eigenvalue weighted by atomic mass is 16.5. The van der Waals surface area contributed by atoms with Gasteiger partial charge in [-0.1, -0.05) is 36.4 Å². The summed E-state index contributed by atoms with van der Waals surface area (Å²) < 4.78 is 5.17. The van der Waals surface area contributed by atoms with Crippen molar-refractivity contribution in [3.8, 4) is 5.75 Å². The Morgan fingerprint density at radius 3 is 2.62 bits per heavy atom. The number of anilines is 1. The van der Waals surface area contributed by atoms with E-state index in [9.17, 15) is 9.90 Å². The summed E-state index contributed by atoms with van der Waals surface area (Å²) in [5.74, 6) is 0.939. The lowest BCUT2D eigenvalue weighted by molar-refractivity contribution is -0.117. The summed E-state index contributed by atoms with van der Waals surface area (Å²) in [6.07, 6.45) is 1.36. The molecule has 2 aromatic rings. The molecule has 1 saturated heterocycles. The number of nitrogens with one attached hydrogen (secondary N) is 1. The summed E-state index contributed by atoms with van der Waals surface area (Å²) in [6, 6.07) is 17.2. The third kappa shape index (κ3) is 4.84. The molecule has 1 aliphatic heterocycles. The van der Waals surface area contributed by atoms with Crippen molar-refractivity contribution in [1.29, 1.82) is 0 Å². The first-order valence-corrected chi connectivity index (χ1v) is 9.05. The first-order chi connectivity index (χ1) is 12.7. The van der Waals surface area contributed by atoms with E-state index in [1.54, 1.807) is 13.2 Å². The van der Waals surface area contributed by atoms with E-state index in [2.05, 4.69) is 10.2 Å². The standard InChI is InChI=1S/C21H26N2O3/c1-26-19-9-5-8-18(14-19)22-20(24)15-23-12-10-17(11-13-23)21(25)16-6-3-2-4-7-16/h2-9,14,17,21,25H,10-13,15H2,1H3,(H,22,24)/t21-/m0/s1. The van der Waals surface area contributed by atoms with Gasteiger partial charge in [0.05, 0.1) is 19.8 Å². The largest absolute Gasteiger partial charge is 0.497 e. The van der Waals surface area contributed by atoms with Crippen LogP contribution >= 0.6 is 0 Å². The van der Waals surface area contributed by atoms with Gasteiger partial charge in [-0.2, -0.15) is 0 Å². The lowest BCUT2D eigenvalue weighted by Crippen LogP contribution is -2.40. The van der Waals surface area contributed by atoms with Crippen LogP contribution in [0.15, 0.2) is 54.6 Å². The number of nitrogens with zero attached hydrogens (tertiary/aromatic N) is 1. The van der Waals surface area contributed by atoms with E-state index in [1.165, 1.54) is 0 Å². The Labute approximate surface area is 154 Å². The van der Waals surface area contributed by atoms with Gasteiger partial charge in [-0.25, -0.2) is 0 Å². The van der Waals surface area contributed by atoms with Gasteiger partial charge in [0.2, 0.25) is 5.91 Å². The minimum absolute atomic E-state index is 0.0275. The molecule has 1 atom stereocenters. The van der Waals surface area contributed by atoms with Crippen LogP contribution in [0.4, 0.5) is 5.69 Å². The zero-order valence-electron chi connectivity index (χ0n) is 15.1. The molecule has 0 spiro atoms. The molecule has 1 heterocycles. The molecule has 0 unspecified atom stereocenters. The number of aliphatic hydroxyl groups is 1. The number of hydrogen-bond donors (Lipinski definition) is 2. The second kappa shape index (κ2) is 8.83. The van der Waals surface area contributed by atoms with Crippen molar-refractivity contribution in [1.82, 2.24) is 4.90 Å². The van der Waals surface area contributed by atoms with E-state index in [0.29, 0.717) is 6.54 Å². The summed E-state index contributed by atoms with van der Waals surface area (Å²) in [5.41, 5.74) is 1.71. The number of amides is 1. The van der Waals surface area contributed by atoms with Gasteiger partial charge in [0.15, 0.2) is 0 Å². The molecule has 3 rings (SSSR count). The zero-order chi connectivity index (χ0) is 18.4. The molecule has 2 aromatic carbocycles. The number of benzene rings is 2. The number of likely N-dealkylation sites (tertiary alicyclic amines) is 1. The van der Waals surface area contributed by atoms with Crippen LogP contribution in [0.5, 0.6) is 5.75 Å². The highest BCUT2D eigenvalue weighted by Crippen LogP contribution is 2.30. The predicted octanol–water partition coefficient (Wildman–Crippen LogP) is 3.08. The predicted molar refractivity (Wildman–Crippen MR) is 102 cm³/mol. The quantitative estimate of drug-likeness (QED) is 0.837. The van der Waals surface area contributed by atoms with Gasteiger partial charge in [0.25, 0.3) is 0 Å². The molecule has 0 bridgehead atoms. The van der Waals surface area contributed by atoms with Gasteiger partial charge in [-0.05, 0) is 49.5 Å². The third-order valence-corrected chi connectivity index (χ3v) is 4.94. The molecule has 138 valence electrons. The molecular formula is C21H26N2O3. The number of rotatable bonds is 6. The molecule has 5 heteroatoms. The van der Waals surface area contributed by atoms with Crippen molar-refractivity contribution in [2.24, 2.45) is 5.92 Å². The number of aliphatic hydroxyl groups excluding tert-OH is 1. The number of piperidine rings is 1. The summed E-state index contributed by atoms with van der Waals surface area (Å²) in [5, 5.41) is 13.5. The Bertz CT molecular complexity index is 712. The maximum Gasteiger partial charge on any atom is 0.238 e. The Kier molecular flexibility index (Phi) is 6.26. The van der Waals surface area contributed by atoms with E-state index in [4.69, 9.17) is 4.74 Å². The van der Waals surface area contributed by atoms with Gasteiger partial charge in [0, 0.05) is 11.8 Å². The van der Waals surface area contributed by atoms with Gasteiger partial charge in [-0.15, -0.1) is 0 Å². The van der Waals surface area contributed by atoms with Crippen molar-refractivity contribution < 1.29 is 14.6 Å². The fourth-order valence-electron chi connectivity index (χ4n) is 3.45. The summed E-state index contributed by atoms with van der Waals surface area (Å²) in [7, 11) is 1.61. The van der Waals surface area contributed by atoms with Crippen LogP contribution in [0.3, 0.4) is 0 Å². The monoisotopic (exact) mass is 354 g/mol. The molecule has 26 heavy (non-hydrogen) atoms. The fourth-order valence-corrected chi connectivity index (χ4v) is 3.45. The fraction of sp³-hybridized carbons (Fsp3) is 0.381. The summed E-state index contributed by atoms with van der Waals surface area (Å²) in [6.45, 7) is 2.01. The van der Waals surface area contributed by atoms with Gasteiger partial charge < -0.3 is 15.2 Å². The van der Waals surface area contributed by atoms with E-state index in [1.807, 2.05) is 48.5 Å². The topological polar surface area (TPSA) is 61.8 Å².